The van der Waals surface area contributed by atoms with Gasteiger partial charge < -0.3 is 5.73 Å². The van der Waals surface area contributed by atoms with Crippen LogP contribution in [0.2, 0.25) is 5.02 Å². The van der Waals surface area contributed by atoms with Gasteiger partial charge in [-0.25, -0.2) is 4.98 Å². The third-order valence-electron chi connectivity index (χ3n) is 5.38. The average Bonchev–Trinajstić information content (AvgIpc) is 3.41. The Labute approximate surface area is 210 Å². The second kappa shape index (κ2) is 8.92. The number of alkyl halides is 3. The summed E-state index contributed by atoms with van der Waals surface area (Å²) in [6.45, 7) is 0. The maximum Gasteiger partial charge on any atom is 0.416 e. The molecular formula is C24H16ClF3N5O2S+. The summed E-state index contributed by atoms with van der Waals surface area (Å²) in [6.07, 6.45) is -2.99. The topological polar surface area (TPSA) is 97.9 Å². The van der Waals surface area contributed by atoms with Crippen molar-refractivity contribution >= 4 is 50.6 Å². The molecule has 0 saturated carbocycles. The molecule has 0 atom stereocenters. The molecule has 0 aliphatic rings. The zero-order valence-electron chi connectivity index (χ0n) is 18.4. The van der Waals surface area contributed by atoms with Crippen molar-refractivity contribution in [2.75, 3.05) is 11.1 Å². The molecule has 3 N–H and O–H groups in total. The molecule has 0 saturated heterocycles. The van der Waals surface area contributed by atoms with Crippen LogP contribution >= 0.6 is 22.9 Å². The number of nitrogens with zero attached hydrogens (tertiary/aromatic N) is 3. The van der Waals surface area contributed by atoms with Crippen molar-refractivity contribution in [2.45, 2.75) is 6.18 Å². The van der Waals surface area contributed by atoms with Gasteiger partial charge in [-0.3, -0.25) is 14.6 Å². The van der Waals surface area contributed by atoms with Gasteiger partial charge in [0.25, 0.3) is 12.1 Å². The molecule has 0 fully saturated rings. The van der Waals surface area contributed by atoms with E-state index < -0.39 is 17.6 Å². The van der Waals surface area contributed by atoms with Gasteiger partial charge in [-0.15, -0.1) is 11.3 Å². The molecule has 12 heteroatoms. The predicted octanol–water partition coefficient (Wildman–Crippen LogP) is 5.95. The molecule has 3 aromatic heterocycles. The monoisotopic (exact) mass is 530 g/mol. The van der Waals surface area contributed by atoms with Gasteiger partial charge in [-0.2, -0.15) is 13.2 Å². The highest BCUT2D eigenvalue weighted by molar-refractivity contribution is 7.21. The van der Waals surface area contributed by atoms with E-state index in [1.54, 1.807) is 37.4 Å². The van der Waals surface area contributed by atoms with Gasteiger partial charge in [0, 0.05) is 16.0 Å². The third-order valence-corrected chi connectivity index (χ3v) is 6.73. The Morgan fingerprint density at radius 1 is 1.11 bits per heavy atom. The second-order valence-electron chi connectivity index (χ2n) is 7.86. The highest BCUT2D eigenvalue weighted by atomic mass is 35.5. The molecular weight excluding hydrogens is 515 g/mol. The van der Waals surface area contributed by atoms with E-state index in [1.165, 1.54) is 23.0 Å². The minimum absolute atomic E-state index is 0.122. The normalized spacial score (nSPS) is 11.7. The van der Waals surface area contributed by atoms with Crippen LogP contribution < -0.4 is 15.7 Å². The number of thiophene rings is 1. The van der Waals surface area contributed by atoms with E-state index >= 15 is 0 Å². The Kier molecular flexibility index (Phi) is 5.89. The van der Waals surface area contributed by atoms with Gasteiger partial charge in [-0.05, 0) is 41.5 Å². The van der Waals surface area contributed by atoms with Crippen LogP contribution in [-0.4, -0.2) is 16.2 Å². The van der Waals surface area contributed by atoms with Crippen molar-refractivity contribution in [3.05, 3.63) is 76.3 Å². The number of pyridine rings is 1. The largest absolute Gasteiger partial charge is 0.416 e. The molecule has 5 aromatic rings. The van der Waals surface area contributed by atoms with Crippen LogP contribution in [0.5, 0.6) is 0 Å². The lowest BCUT2D eigenvalue weighted by molar-refractivity contribution is -0.739. The number of carbonyl (C=O) groups excluding carboxylic acids is 1. The van der Waals surface area contributed by atoms with Crippen LogP contribution in [0.1, 0.15) is 15.2 Å². The molecule has 3 heterocycles. The highest BCUT2D eigenvalue weighted by Crippen LogP contribution is 2.42. The van der Waals surface area contributed by atoms with Crippen LogP contribution in [0.4, 0.5) is 24.7 Å². The van der Waals surface area contributed by atoms with Crippen LogP contribution in [0, 0.1) is 0 Å². The SMILES string of the molecule is C[n+]1cc(NC(=O)c2sc3nc(-c4ccc(Cl)cc4)cc(-c4ccc(C(F)(F)F)cc4)c3c2N)on1. The van der Waals surface area contributed by atoms with Crippen LogP contribution in [0.25, 0.3) is 32.6 Å². The van der Waals surface area contributed by atoms with Crippen molar-refractivity contribution < 1.29 is 27.2 Å². The predicted molar refractivity (Wildman–Crippen MR) is 131 cm³/mol. The number of nitrogens with two attached hydrogens (primary N) is 1. The quantitative estimate of drug-likeness (QED) is 0.280. The number of hydrogen-bond donors (Lipinski definition) is 2. The Morgan fingerprint density at radius 2 is 1.78 bits per heavy atom. The van der Waals surface area contributed by atoms with Crippen molar-refractivity contribution in [1.29, 1.82) is 0 Å². The van der Waals surface area contributed by atoms with Gasteiger partial charge in [-0.1, -0.05) is 40.5 Å². The molecule has 0 radical (unpaired) electrons. The number of anilines is 2. The number of carbonyl (C=O) groups is 1. The number of benzene rings is 2. The molecule has 2 aromatic carbocycles. The van der Waals surface area contributed by atoms with E-state index in [1.807, 2.05) is 0 Å². The number of rotatable bonds is 4. The number of halogens is 4. The maximum atomic E-state index is 13.1. The zero-order valence-corrected chi connectivity index (χ0v) is 20.0. The van der Waals surface area contributed by atoms with Gasteiger partial charge >= 0.3 is 12.1 Å². The summed E-state index contributed by atoms with van der Waals surface area (Å²) in [5, 5.41) is 7.25. The van der Waals surface area contributed by atoms with Gasteiger partial charge in [0.05, 0.1) is 16.9 Å². The lowest BCUT2D eigenvalue weighted by Crippen LogP contribution is -2.28. The Hall–Kier alpha value is -3.96. The lowest BCUT2D eigenvalue weighted by Gasteiger charge is -2.11. The Morgan fingerprint density at radius 3 is 2.39 bits per heavy atom. The number of nitrogens with one attached hydrogen (secondary N) is 1. The molecule has 7 nitrogen and oxygen atoms in total. The lowest BCUT2D eigenvalue weighted by atomic mass is 9.98. The Bertz CT molecular complexity index is 1600. The molecule has 36 heavy (non-hydrogen) atoms. The molecule has 0 aliphatic heterocycles. The fourth-order valence-electron chi connectivity index (χ4n) is 3.67. The summed E-state index contributed by atoms with van der Waals surface area (Å²) >= 11 is 7.08. The molecule has 182 valence electrons. The van der Waals surface area contributed by atoms with E-state index in [0.717, 1.165) is 29.0 Å². The molecule has 0 spiro atoms. The average molecular weight is 531 g/mol. The van der Waals surface area contributed by atoms with E-state index in [4.69, 9.17) is 21.9 Å². The van der Waals surface area contributed by atoms with Gasteiger partial charge in [0.2, 0.25) is 0 Å². The molecule has 0 unspecified atom stereocenters. The highest BCUT2D eigenvalue weighted by Gasteiger charge is 2.30. The number of nitrogen functional groups attached to an aromatic ring is 1. The maximum absolute atomic E-state index is 13.1. The standard InChI is InChI=1S/C24H15ClF3N5O2S/c1-33-11-18(35-32-33)31-22(34)21-20(29)19-16(12-2-6-14(7-3-12)24(26,27)28)10-17(30-23(19)36-21)13-4-8-15(25)9-5-13/h2-11H,1H3,(H2-,29,31,32,34)/p+1. The summed E-state index contributed by atoms with van der Waals surface area (Å²) in [6, 6.07) is 13.5. The van der Waals surface area contributed by atoms with Crippen molar-refractivity contribution in [2.24, 2.45) is 7.05 Å². The summed E-state index contributed by atoms with van der Waals surface area (Å²) in [5.74, 6) is -0.407. The first kappa shape index (κ1) is 23.8. The van der Waals surface area contributed by atoms with E-state index in [-0.39, 0.29) is 16.4 Å². The Balaban J connectivity index is 1.67. The number of aryl methyl sites for hydroxylation is 1. The first-order chi connectivity index (χ1) is 17.1. The van der Waals surface area contributed by atoms with Crippen LogP contribution in [0.3, 0.4) is 0 Å². The zero-order chi connectivity index (χ0) is 25.6. The first-order valence-electron chi connectivity index (χ1n) is 10.4. The number of hydrogen-bond acceptors (Lipinski definition) is 6. The number of aromatic nitrogens is 3. The van der Waals surface area contributed by atoms with Crippen molar-refractivity contribution in [3.63, 3.8) is 0 Å². The molecule has 0 aliphatic carbocycles. The van der Waals surface area contributed by atoms with E-state index in [9.17, 15) is 18.0 Å². The second-order valence-corrected chi connectivity index (χ2v) is 9.29. The first-order valence-corrected chi connectivity index (χ1v) is 11.6. The smallest absolute Gasteiger partial charge is 0.397 e. The summed E-state index contributed by atoms with van der Waals surface area (Å²) in [7, 11) is 1.63. The van der Waals surface area contributed by atoms with E-state index in [2.05, 4.69) is 15.6 Å². The minimum atomic E-state index is -4.47. The van der Waals surface area contributed by atoms with E-state index in [0.29, 0.717) is 32.1 Å². The number of fused-ring (bicyclic) bond motifs is 1. The fourth-order valence-corrected chi connectivity index (χ4v) is 4.81. The number of amides is 1. The van der Waals surface area contributed by atoms with Crippen LogP contribution in [0.15, 0.2) is 65.3 Å². The molecule has 0 bridgehead atoms. The van der Waals surface area contributed by atoms with Crippen LogP contribution in [-0.2, 0) is 13.2 Å². The van der Waals surface area contributed by atoms with Gasteiger partial charge in [0.1, 0.15) is 9.71 Å². The molecule has 1 amide bonds. The molecule has 5 rings (SSSR count). The van der Waals surface area contributed by atoms with Crippen molar-refractivity contribution in [1.82, 2.24) is 10.3 Å². The summed E-state index contributed by atoms with van der Waals surface area (Å²) < 4.78 is 45.8. The van der Waals surface area contributed by atoms with Gasteiger partial charge in [0.15, 0.2) is 12.3 Å². The fraction of sp³-hybridized carbons (Fsp3) is 0.0833. The third kappa shape index (κ3) is 4.50. The van der Waals surface area contributed by atoms with Crippen molar-refractivity contribution in [3.8, 4) is 22.4 Å². The summed E-state index contributed by atoms with van der Waals surface area (Å²) in [4.78, 5) is 18.3. The summed E-state index contributed by atoms with van der Waals surface area (Å²) in [5.41, 5.74) is 8.10. The minimum Gasteiger partial charge on any atom is -0.397 e.